The van der Waals surface area contributed by atoms with Gasteiger partial charge in [0.2, 0.25) is 0 Å². The van der Waals surface area contributed by atoms with Crippen molar-refractivity contribution in [1.82, 2.24) is 5.32 Å². The van der Waals surface area contributed by atoms with E-state index in [1.807, 2.05) is 0 Å². The highest BCUT2D eigenvalue weighted by Gasteiger charge is 2.36. The molecule has 1 fully saturated rings. The van der Waals surface area contributed by atoms with Gasteiger partial charge in [-0.25, -0.2) is 0 Å². The van der Waals surface area contributed by atoms with Crippen molar-refractivity contribution in [3.05, 3.63) is 59.0 Å². The van der Waals surface area contributed by atoms with Crippen LogP contribution in [0.2, 0.25) is 0 Å². The Kier molecular flexibility index (Phi) is 4.16. The lowest BCUT2D eigenvalue weighted by Gasteiger charge is -2.13. The van der Waals surface area contributed by atoms with Crippen molar-refractivity contribution >= 4 is 0 Å². The zero-order chi connectivity index (χ0) is 14.8. The summed E-state index contributed by atoms with van der Waals surface area (Å²) in [6.07, 6.45) is 2.37. The fourth-order valence-corrected chi connectivity index (χ4v) is 2.82. The van der Waals surface area contributed by atoms with E-state index in [0.29, 0.717) is 12.0 Å². The second kappa shape index (κ2) is 6.07. The second-order valence-corrected chi connectivity index (χ2v) is 6.32. The van der Waals surface area contributed by atoms with E-state index in [0.717, 1.165) is 24.6 Å². The van der Waals surface area contributed by atoms with Crippen LogP contribution in [-0.2, 0) is 13.0 Å². The van der Waals surface area contributed by atoms with Crippen LogP contribution in [-0.4, -0.2) is 0 Å². The molecule has 1 aromatic heterocycles. The largest absolute Gasteiger partial charge is 0.464 e. The van der Waals surface area contributed by atoms with Crippen molar-refractivity contribution in [2.45, 2.75) is 52.1 Å². The molecule has 1 aromatic carbocycles. The van der Waals surface area contributed by atoms with E-state index in [1.54, 1.807) is 0 Å². The van der Waals surface area contributed by atoms with Gasteiger partial charge in [-0.3, -0.25) is 0 Å². The van der Waals surface area contributed by atoms with Gasteiger partial charge in [0.25, 0.3) is 0 Å². The maximum absolute atomic E-state index is 5.94. The molecule has 2 heteroatoms. The van der Waals surface area contributed by atoms with E-state index in [9.17, 15) is 0 Å². The summed E-state index contributed by atoms with van der Waals surface area (Å²) in [5.74, 6) is 3.67. The molecule has 1 heterocycles. The lowest BCUT2D eigenvalue weighted by molar-refractivity contribution is 0.430. The van der Waals surface area contributed by atoms with Gasteiger partial charge in [-0.15, -0.1) is 0 Å². The Hall–Kier alpha value is -1.54. The normalized spacial score (nSPS) is 22.2. The number of aryl methyl sites for hydroxylation is 1. The summed E-state index contributed by atoms with van der Waals surface area (Å²) in [6.45, 7) is 7.46. The molecule has 2 aromatic rings. The minimum Gasteiger partial charge on any atom is -0.464 e. The molecular weight excluding hydrogens is 258 g/mol. The van der Waals surface area contributed by atoms with Crippen LogP contribution in [0.1, 0.15) is 61.8 Å². The van der Waals surface area contributed by atoms with Gasteiger partial charge in [0.1, 0.15) is 11.5 Å². The summed E-state index contributed by atoms with van der Waals surface area (Å²) in [6, 6.07) is 13.5. The monoisotopic (exact) mass is 283 g/mol. The molecule has 1 saturated carbocycles. The summed E-state index contributed by atoms with van der Waals surface area (Å²) in [5, 5.41) is 3.54. The smallest absolute Gasteiger partial charge is 0.117 e. The molecule has 2 nitrogen and oxygen atoms in total. The van der Waals surface area contributed by atoms with Crippen molar-refractivity contribution in [2.75, 3.05) is 0 Å². The summed E-state index contributed by atoms with van der Waals surface area (Å²) >= 11 is 0. The van der Waals surface area contributed by atoms with E-state index in [4.69, 9.17) is 4.42 Å². The molecule has 1 N–H and O–H groups in total. The molecule has 0 radical (unpaired) electrons. The number of furan rings is 1. The molecule has 0 saturated heterocycles. The summed E-state index contributed by atoms with van der Waals surface area (Å²) in [7, 11) is 0. The van der Waals surface area contributed by atoms with E-state index in [1.165, 1.54) is 23.3 Å². The summed E-state index contributed by atoms with van der Waals surface area (Å²) < 4.78 is 5.94. The second-order valence-electron chi connectivity index (χ2n) is 6.32. The average Bonchev–Trinajstić information content (AvgIpc) is 3.06. The predicted molar refractivity (Wildman–Crippen MR) is 86.3 cm³/mol. The molecule has 1 aliphatic carbocycles. The number of hydrogen-bond acceptors (Lipinski definition) is 2. The minimum atomic E-state index is 0.337. The Morgan fingerprint density at radius 2 is 1.90 bits per heavy atom. The van der Waals surface area contributed by atoms with Crippen molar-refractivity contribution in [2.24, 2.45) is 5.92 Å². The van der Waals surface area contributed by atoms with Crippen molar-refractivity contribution in [1.29, 1.82) is 0 Å². The molecule has 3 unspecified atom stereocenters. The topological polar surface area (TPSA) is 25.2 Å². The van der Waals surface area contributed by atoms with Gasteiger partial charge in [0, 0.05) is 12.0 Å². The van der Waals surface area contributed by atoms with Crippen LogP contribution in [0.5, 0.6) is 0 Å². The van der Waals surface area contributed by atoms with E-state index >= 15 is 0 Å². The first-order chi connectivity index (χ1) is 10.2. The fraction of sp³-hybridized carbons (Fsp3) is 0.474. The summed E-state index contributed by atoms with van der Waals surface area (Å²) in [5.41, 5.74) is 2.72. The highest BCUT2D eigenvalue weighted by molar-refractivity contribution is 5.25. The van der Waals surface area contributed by atoms with Gasteiger partial charge in [-0.1, -0.05) is 38.1 Å². The number of nitrogens with one attached hydrogen (secondary N) is 1. The van der Waals surface area contributed by atoms with E-state index in [2.05, 4.69) is 62.5 Å². The zero-order valence-electron chi connectivity index (χ0n) is 13.2. The first-order valence-electron chi connectivity index (χ1n) is 8.08. The quantitative estimate of drug-likeness (QED) is 0.822. The zero-order valence-corrected chi connectivity index (χ0v) is 13.2. The van der Waals surface area contributed by atoms with Crippen LogP contribution in [0.15, 0.2) is 40.8 Å². The Morgan fingerprint density at radius 3 is 2.52 bits per heavy atom. The first-order valence-corrected chi connectivity index (χ1v) is 8.08. The molecule has 3 atom stereocenters. The van der Waals surface area contributed by atoms with Crippen LogP contribution in [0.25, 0.3) is 0 Å². The van der Waals surface area contributed by atoms with E-state index < -0.39 is 0 Å². The lowest BCUT2D eigenvalue weighted by Crippen LogP contribution is -2.17. The molecule has 1 aliphatic rings. The highest BCUT2D eigenvalue weighted by atomic mass is 16.3. The molecule has 0 aliphatic heterocycles. The van der Waals surface area contributed by atoms with Crippen molar-refractivity contribution < 1.29 is 4.42 Å². The molecule has 3 rings (SSSR count). The minimum absolute atomic E-state index is 0.337. The Bertz CT molecular complexity index is 584. The Balaban J connectivity index is 1.55. The van der Waals surface area contributed by atoms with Crippen LogP contribution in [0.4, 0.5) is 0 Å². The molecule has 112 valence electrons. The van der Waals surface area contributed by atoms with Crippen LogP contribution in [0, 0.1) is 5.92 Å². The third kappa shape index (κ3) is 3.38. The molecule has 0 spiro atoms. The van der Waals surface area contributed by atoms with Crippen molar-refractivity contribution in [3.63, 3.8) is 0 Å². The van der Waals surface area contributed by atoms with Gasteiger partial charge in [0.05, 0.1) is 6.54 Å². The maximum atomic E-state index is 5.94. The lowest BCUT2D eigenvalue weighted by atomic mass is 10.1. The van der Waals surface area contributed by atoms with Crippen LogP contribution in [0.3, 0.4) is 0 Å². The SMILES string of the molecule is CCc1ccc(C(C)NCc2ccc(C3CC3C)o2)cc1. The Labute approximate surface area is 127 Å². The maximum Gasteiger partial charge on any atom is 0.117 e. The van der Waals surface area contributed by atoms with Gasteiger partial charge in [0.15, 0.2) is 0 Å². The molecule has 21 heavy (non-hydrogen) atoms. The number of rotatable bonds is 6. The third-order valence-corrected chi connectivity index (χ3v) is 4.63. The van der Waals surface area contributed by atoms with Gasteiger partial charge in [-0.05, 0) is 48.9 Å². The summed E-state index contributed by atoms with van der Waals surface area (Å²) in [4.78, 5) is 0. The average molecular weight is 283 g/mol. The Morgan fingerprint density at radius 1 is 1.19 bits per heavy atom. The predicted octanol–water partition coefficient (Wildman–Crippen LogP) is 4.82. The first kappa shape index (κ1) is 14.4. The van der Waals surface area contributed by atoms with Gasteiger partial charge >= 0.3 is 0 Å². The van der Waals surface area contributed by atoms with E-state index in [-0.39, 0.29) is 0 Å². The number of hydrogen-bond donors (Lipinski definition) is 1. The van der Waals surface area contributed by atoms with Gasteiger partial charge < -0.3 is 9.73 Å². The molecule has 0 amide bonds. The van der Waals surface area contributed by atoms with Crippen LogP contribution >= 0.6 is 0 Å². The third-order valence-electron chi connectivity index (χ3n) is 4.63. The standard InChI is InChI=1S/C19H25NO/c1-4-15-5-7-16(8-6-15)14(3)20-12-17-9-10-19(21-17)18-11-13(18)2/h5-10,13-14,18,20H,4,11-12H2,1-3H3. The van der Waals surface area contributed by atoms with Crippen LogP contribution < -0.4 is 5.32 Å². The van der Waals surface area contributed by atoms with Crippen molar-refractivity contribution in [3.8, 4) is 0 Å². The molecule has 0 bridgehead atoms. The van der Waals surface area contributed by atoms with Gasteiger partial charge in [-0.2, -0.15) is 0 Å². The number of benzene rings is 1. The fourth-order valence-electron chi connectivity index (χ4n) is 2.82. The highest BCUT2D eigenvalue weighted by Crippen LogP contribution is 2.47. The molecular formula is C19H25NO.